The fourth-order valence-corrected chi connectivity index (χ4v) is 2.67. The molecule has 0 aliphatic heterocycles. The van der Waals surface area contributed by atoms with Gasteiger partial charge in [0.15, 0.2) is 0 Å². The van der Waals surface area contributed by atoms with E-state index in [1.807, 2.05) is 38.1 Å². The van der Waals surface area contributed by atoms with Crippen LogP contribution >= 0.6 is 0 Å². The molecule has 0 saturated heterocycles. The molecule has 1 aromatic carbocycles. The number of nitrogens with zero attached hydrogens (tertiary/aromatic N) is 3. The van der Waals surface area contributed by atoms with Gasteiger partial charge in [-0.2, -0.15) is 0 Å². The fourth-order valence-electron chi connectivity index (χ4n) is 2.67. The van der Waals surface area contributed by atoms with E-state index >= 15 is 0 Å². The van der Waals surface area contributed by atoms with Crippen molar-refractivity contribution in [3.05, 3.63) is 65.0 Å². The summed E-state index contributed by atoms with van der Waals surface area (Å²) in [5.41, 5.74) is 3.71. The van der Waals surface area contributed by atoms with Crippen LogP contribution in [0.2, 0.25) is 0 Å². The molecule has 3 amide bonds. The first-order valence-electron chi connectivity index (χ1n) is 9.01. The van der Waals surface area contributed by atoms with Crippen LogP contribution in [0.25, 0.3) is 0 Å². The van der Waals surface area contributed by atoms with Crippen molar-refractivity contribution in [3.63, 3.8) is 0 Å². The molecule has 1 heterocycles. The van der Waals surface area contributed by atoms with Crippen molar-refractivity contribution in [2.24, 2.45) is 0 Å². The Morgan fingerprint density at radius 3 is 2.37 bits per heavy atom. The van der Waals surface area contributed by atoms with Crippen molar-refractivity contribution in [2.45, 2.75) is 32.9 Å². The monoisotopic (exact) mass is 368 g/mol. The van der Waals surface area contributed by atoms with Gasteiger partial charge in [0, 0.05) is 57.6 Å². The second-order valence-corrected chi connectivity index (χ2v) is 6.99. The lowest BCUT2D eigenvalue weighted by Gasteiger charge is -2.25. The maximum Gasteiger partial charge on any atom is 0.317 e. The number of benzene rings is 1. The summed E-state index contributed by atoms with van der Waals surface area (Å²) in [5, 5.41) is 2.92. The third-order valence-corrected chi connectivity index (χ3v) is 4.64. The molecule has 2 rings (SSSR count). The summed E-state index contributed by atoms with van der Waals surface area (Å²) in [6.07, 6.45) is 2.48. The highest BCUT2D eigenvalue weighted by Crippen LogP contribution is 2.10. The number of likely N-dealkylation sites (N-methyl/N-ethyl adjacent to an activating group) is 1. The van der Waals surface area contributed by atoms with Crippen LogP contribution < -0.4 is 5.32 Å². The zero-order chi connectivity index (χ0) is 20.0. The first-order chi connectivity index (χ1) is 12.8. The number of aromatic nitrogens is 1. The van der Waals surface area contributed by atoms with Crippen molar-refractivity contribution in [1.82, 2.24) is 20.1 Å². The average Bonchev–Trinajstić information content (AvgIpc) is 2.67. The molecule has 0 aliphatic carbocycles. The Morgan fingerprint density at radius 1 is 1.11 bits per heavy atom. The average molecular weight is 368 g/mol. The maximum absolute atomic E-state index is 12.4. The Hall–Kier alpha value is -2.89. The fraction of sp³-hybridized carbons (Fsp3) is 0.381. The zero-order valence-corrected chi connectivity index (χ0v) is 16.7. The quantitative estimate of drug-likeness (QED) is 0.853. The van der Waals surface area contributed by atoms with E-state index in [2.05, 4.69) is 10.3 Å². The third kappa shape index (κ3) is 5.54. The molecule has 144 valence electrons. The van der Waals surface area contributed by atoms with Gasteiger partial charge < -0.3 is 15.1 Å². The van der Waals surface area contributed by atoms with Gasteiger partial charge in [-0.05, 0) is 43.2 Å². The van der Waals surface area contributed by atoms with E-state index in [1.165, 1.54) is 4.90 Å². The van der Waals surface area contributed by atoms with Gasteiger partial charge in [-0.15, -0.1) is 0 Å². The van der Waals surface area contributed by atoms with Crippen LogP contribution in [0.3, 0.4) is 0 Å². The summed E-state index contributed by atoms with van der Waals surface area (Å²) >= 11 is 0. The number of hydrogen-bond donors (Lipinski definition) is 1. The van der Waals surface area contributed by atoms with Gasteiger partial charge in [0.2, 0.25) is 0 Å². The van der Waals surface area contributed by atoms with Gasteiger partial charge >= 0.3 is 6.03 Å². The Kier molecular flexibility index (Phi) is 6.93. The van der Waals surface area contributed by atoms with Crippen molar-refractivity contribution in [1.29, 1.82) is 0 Å². The molecular formula is C21H28N4O2. The first-order valence-corrected chi connectivity index (χ1v) is 9.01. The summed E-state index contributed by atoms with van der Waals surface area (Å²) in [6.45, 7) is 4.45. The van der Waals surface area contributed by atoms with Crippen molar-refractivity contribution in [3.8, 4) is 0 Å². The van der Waals surface area contributed by atoms with Crippen LogP contribution in [0.4, 0.5) is 4.79 Å². The standard InChI is InChI=1S/C21H28N4O2/c1-15-7-6-12-22-19(15)13-16(2)25(5)21(27)23-14-17-8-10-18(11-9-17)20(26)24(3)4/h6-12,16H,13-14H2,1-5H3,(H,23,27)/t16-/m1/s1. The number of hydrogen-bond acceptors (Lipinski definition) is 3. The van der Waals surface area contributed by atoms with Gasteiger partial charge in [0.05, 0.1) is 0 Å². The highest BCUT2D eigenvalue weighted by Gasteiger charge is 2.17. The summed E-state index contributed by atoms with van der Waals surface area (Å²) in [6, 6.07) is 11.1. The van der Waals surface area contributed by atoms with E-state index in [0.29, 0.717) is 18.5 Å². The first kappa shape index (κ1) is 20.4. The second kappa shape index (κ2) is 9.16. The molecule has 1 atom stereocenters. The molecule has 1 N–H and O–H groups in total. The largest absolute Gasteiger partial charge is 0.345 e. The normalized spacial score (nSPS) is 11.6. The number of aryl methyl sites for hydroxylation is 1. The molecule has 0 spiro atoms. The molecule has 6 nitrogen and oxygen atoms in total. The minimum absolute atomic E-state index is 0.0266. The van der Waals surface area contributed by atoms with Crippen LogP contribution in [0, 0.1) is 6.92 Å². The number of rotatable bonds is 6. The smallest absolute Gasteiger partial charge is 0.317 e. The second-order valence-electron chi connectivity index (χ2n) is 6.99. The van der Waals surface area contributed by atoms with Crippen molar-refractivity contribution >= 4 is 11.9 Å². The maximum atomic E-state index is 12.4. The molecule has 27 heavy (non-hydrogen) atoms. The summed E-state index contributed by atoms with van der Waals surface area (Å²) in [4.78, 5) is 32.0. The Morgan fingerprint density at radius 2 is 1.78 bits per heavy atom. The van der Waals surface area contributed by atoms with Crippen LogP contribution in [0.15, 0.2) is 42.6 Å². The third-order valence-electron chi connectivity index (χ3n) is 4.64. The number of carbonyl (C=O) groups excluding carboxylic acids is 2. The van der Waals surface area contributed by atoms with Gasteiger partial charge in [0.25, 0.3) is 5.91 Å². The predicted molar refractivity (Wildman–Crippen MR) is 107 cm³/mol. The molecule has 0 aliphatic rings. The molecule has 2 aromatic rings. The SMILES string of the molecule is Cc1cccnc1C[C@@H](C)N(C)C(=O)NCc1ccc(C(=O)N(C)C)cc1. The van der Waals surface area contributed by atoms with Crippen LogP contribution in [0.5, 0.6) is 0 Å². The van der Waals surface area contributed by atoms with Gasteiger partial charge in [-0.1, -0.05) is 18.2 Å². The lowest BCUT2D eigenvalue weighted by atomic mass is 10.1. The Bertz CT molecular complexity index is 787. The molecular weight excluding hydrogens is 340 g/mol. The highest BCUT2D eigenvalue weighted by atomic mass is 16.2. The van der Waals surface area contributed by atoms with E-state index in [1.54, 1.807) is 44.4 Å². The number of pyridine rings is 1. The van der Waals surface area contributed by atoms with Gasteiger partial charge in [-0.25, -0.2) is 4.79 Å². The van der Waals surface area contributed by atoms with Gasteiger partial charge in [0.1, 0.15) is 0 Å². The number of carbonyl (C=O) groups is 2. The molecule has 0 radical (unpaired) electrons. The van der Waals surface area contributed by atoms with E-state index in [-0.39, 0.29) is 18.0 Å². The van der Waals surface area contributed by atoms with E-state index in [9.17, 15) is 9.59 Å². The minimum atomic E-state index is -0.135. The number of nitrogens with one attached hydrogen (secondary N) is 1. The molecule has 6 heteroatoms. The minimum Gasteiger partial charge on any atom is -0.345 e. The number of amides is 3. The lowest BCUT2D eigenvalue weighted by Crippen LogP contribution is -2.43. The van der Waals surface area contributed by atoms with Crippen molar-refractivity contribution in [2.75, 3.05) is 21.1 Å². The topological polar surface area (TPSA) is 65.5 Å². The molecule has 0 saturated carbocycles. The van der Waals surface area contributed by atoms with E-state index in [0.717, 1.165) is 16.8 Å². The summed E-state index contributed by atoms with van der Waals surface area (Å²) in [7, 11) is 5.23. The summed E-state index contributed by atoms with van der Waals surface area (Å²) < 4.78 is 0. The number of urea groups is 1. The van der Waals surface area contributed by atoms with E-state index in [4.69, 9.17) is 0 Å². The predicted octanol–water partition coefficient (Wildman–Crippen LogP) is 2.86. The Balaban J connectivity index is 1.89. The van der Waals surface area contributed by atoms with E-state index < -0.39 is 0 Å². The Labute approximate surface area is 161 Å². The van der Waals surface area contributed by atoms with Gasteiger partial charge in [-0.3, -0.25) is 9.78 Å². The van der Waals surface area contributed by atoms with Crippen LogP contribution in [-0.4, -0.2) is 53.9 Å². The molecule has 0 bridgehead atoms. The molecule has 0 fully saturated rings. The van der Waals surface area contributed by atoms with Crippen LogP contribution in [-0.2, 0) is 13.0 Å². The molecule has 1 aromatic heterocycles. The van der Waals surface area contributed by atoms with Crippen molar-refractivity contribution < 1.29 is 9.59 Å². The zero-order valence-electron chi connectivity index (χ0n) is 16.7. The van der Waals surface area contributed by atoms with Crippen LogP contribution in [0.1, 0.15) is 34.1 Å². The molecule has 0 unspecified atom stereocenters. The highest BCUT2D eigenvalue weighted by molar-refractivity contribution is 5.93. The summed E-state index contributed by atoms with van der Waals surface area (Å²) in [5.74, 6) is -0.0380. The lowest BCUT2D eigenvalue weighted by molar-refractivity contribution is 0.0827.